The van der Waals surface area contributed by atoms with Crippen LogP contribution in [0.1, 0.15) is 30.3 Å². The van der Waals surface area contributed by atoms with Gasteiger partial charge >= 0.3 is 5.97 Å². The third kappa shape index (κ3) is 2.80. The first-order valence-corrected chi connectivity index (χ1v) is 7.18. The van der Waals surface area contributed by atoms with E-state index in [9.17, 15) is 4.79 Å². The topological polar surface area (TPSA) is 38.3 Å². The highest BCUT2D eigenvalue weighted by Gasteiger charge is 2.19. The molecule has 0 spiro atoms. The lowest BCUT2D eigenvalue weighted by Crippen LogP contribution is -2.36. The molecule has 2 rings (SSSR count). The van der Waals surface area contributed by atoms with Gasteiger partial charge in [0.15, 0.2) is 0 Å². The van der Waals surface area contributed by atoms with Crippen molar-refractivity contribution >= 4 is 27.4 Å². The number of esters is 1. The highest BCUT2D eigenvalue weighted by molar-refractivity contribution is 7.19. The monoisotopic (exact) mass is 277 g/mol. The van der Waals surface area contributed by atoms with Crippen LogP contribution >= 0.6 is 11.3 Å². The van der Waals surface area contributed by atoms with Gasteiger partial charge < -0.3 is 4.74 Å². The number of hydrogen-bond donors (Lipinski definition) is 1. The summed E-state index contributed by atoms with van der Waals surface area (Å²) in [7, 11) is 1.41. The summed E-state index contributed by atoms with van der Waals surface area (Å²) in [5, 5.41) is 4.58. The standard InChI is InChI=1S/C15H19NO2S/c1-9-12-7-5-6-8-13(12)19-14(9)10(2)16-11(3)15(17)18-4/h5-8,10-11,16H,1-4H3. The van der Waals surface area contributed by atoms with Crippen LogP contribution in [0.15, 0.2) is 24.3 Å². The van der Waals surface area contributed by atoms with Crippen LogP contribution in [0.3, 0.4) is 0 Å². The van der Waals surface area contributed by atoms with Crippen LogP contribution < -0.4 is 5.32 Å². The molecule has 0 bridgehead atoms. The first kappa shape index (κ1) is 14.0. The number of fused-ring (bicyclic) bond motifs is 1. The maximum Gasteiger partial charge on any atom is 0.322 e. The summed E-state index contributed by atoms with van der Waals surface area (Å²) in [6.45, 7) is 6.04. The molecule has 2 aromatic rings. The van der Waals surface area contributed by atoms with Gasteiger partial charge in [-0.3, -0.25) is 10.1 Å². The van der Waals surface area contributed by atoms with Crippen LogP contribution in [-0.4, -0.2) is 19.1 Å². The molecule has 1 N–H and O–H groups in total. The fraction of sp³-hybridized carbons (Fsp3) is 0.400. The Hall–Kier alpha value is -1.39. The van der Waals surface area contributed by atoms with E-state index in [4.69, 9.17) is 4.74 Å². The third-order valence-corrected chi connectivity index (χ3v) is 4.78. The molecule has 0 aliphatic carbocycles. The number of aryl methyl sites for hydroxylation is 1. The molecule has 1 heterocycles. The van der Waals surface area contributed by atoms with Crippen molar-refractivity contribution in [3.8, 4) is 0 Å². The van der Waals surface area contributed by atoms with Gasteiger partial charge in [0.2, 0.25) is 0 Å². The van der Waals surface area contributed by atoms with Crippen molar-refractivity contribution in [2.75, 3.05) is 7.11 Å². The van der Waals surface area contributed by atoms with Gasteiger partial charge in [-0.25, -0.2) is 0 Å². The van der Waals surface area contributed by atoms with Gasteiger partial charge in [0, 0.05) is 15.6 Å². The van der Waals surface area contributed by atoms with Gasteiger partial charge in [-0.2, -0.15) is 0 Å². The van der Waals surface area contributed by atoms with Crippen molar-refractivity contribution in [1.82, 2.24) is 5.32 Å². The first-order valence-electron chi connectivity index (χ1n) is 6.36. The van der Waals surface area contributed by atoms with Crippen molar-refractivity contribution in [3.05, 3.63) is 34.7 Å². The van der Waals surface area contributed by atoms with Crippen molar-refractivity contribution in [2.24, 2.45) is 0 Å². The Labute approximate surface area is 117 Å². The molecule has 19 heavy (non-hydrogen) atoms. The number of benzene rings is 1. The molecule has 2 atom stereocenters. The molecular weight excluding hydrogens is 258 g/mol. The summed E-state index contributed by atoms with van der Waals surface area (Å²) >= 11 is 1.78. The van der Waals surface area contributed by atoms with Gasteiger partial charge in [-0.15, -0.1) is 11.3 Å². The van der Waals surface area contributed by atoms with Crippen molar-refractivity contribution in [2.45, 2.75) is 32.9 Å². The van der Waals surface area contributed by atoms with E-state index in [-0.39, 0.29) is 18.1 Å². The quantitative estimate of drug-likeness (QED) is 0.870. The van der Waals surface area contributed by atoms with Gasteiger partial charge in [0.05, 0.1) is 7.11 Å². The number of methoxy groups -OCH3 is 1. The van der Waals surface area contributed by atoms with Crippen LogP contribution in [0.4, 0.5) is 0 Å². The maximum atomic E-state index is 11.5. The molecule has 0 amide bonds. The van der Waals surface area contributed by atoms with Crippen LogP contribution in [0, 0.1) is 6.92 Å². The van der Waals surface area contributed by atoms with E-state index in [0.29, 0.717) is 0 Å². The number of ether oxygens (including phenoxy) is 1. The average molecular weight is 277 g/mol. The van der Waals surface area contributed by atoms with Gasteiger partial charge in [0.1, 0.15) is 6.04 Å². The second kappa shape index (κ2) is 5.72. The van der Waals surface area contributed by atoms with Crippen LogP contribution in [-0.2, 0) is 9.53 Å². The third-order valence-electron chi connectivity index (χ3n) is 3.33. The van der Waals surface area contributed by atoms with Gasteiger partial charge in [-0.05, 0) is 37.8 Å². The lowest BCUT2D eigenvalue weighted by molar-refractivity contribution is -0.142. The van der Waals surface area contributed by atoms with Crippen molar-refractivity contribution in [3.63, 3.8) is 0 Å². The Bertz CT molecular complexity index is 591. The zero-order valence-electron chi connectivity index (χ0n) is 11.7. The predicted octanol–water partition coefficient (Wildman–Crippen LogP) is 3.42. The predicted molar refractivity (Wildman–Crippen MR) is 79.6 cm³/mol. The zero-order chi connectivity index (χ0) is 14.0. The molecule has 1 aromatic carbocycles. The zero-order valence-corrected chi connectivity index (χ0v) is 12.5. The molecule has 0 radical (unpaired) electrons. The molecule has 0 saturated heterocycles. The second-order valence-electron chi connectivity index (χ2n) is 4.72. The highest BCUT2D eigenvalue weighted by Crippen LogP contribution is 2.34. The smallest absolute Gasteiger partial charge is 0.322 e. The number of rotatable bonds is 4. The fourth-order valence-corrected chi connectivity index (χ4v) is 3.52. The Kier molecular flexibility index (Phi) is 4.22. The molecule has 0 fully saturated rings. The minimum atomic E-state index is -0.301. The minimum Gasteiger partial charge on any atom is -0.468 e. The van der Waals surface area contributed by atoms with Crippen molar-refractivity contribution in [1.29, 1.82) is 0 Å². The Morgan fingerprint density at radius 1 is 1.32 bits per heavy atom. The molecule has 4 heteroatoms. The molecule has 0 saturated carbocycles. The molecule has 2 unspecified atom stereocenters. The number of nitrogens with one attached hydrogen (secondary N) is 1. The summed E-state index contributed by atoms with van der Waals surface area (Å²) in [5.74, 6) is -0.231. The Morgan fingerprint density at radius 3 is 2.63 bits per heavy atom. The largest absolute Gasteiger partial charge is 0.468 e. The van der Waals surface area contributed by atoms with E-state index in [1.165, 1.54) is 27.6 Å². The molecular formula is C15H19NO2S. The van der Waals surface area contributed by atoms with E-state index in [0.717, 1.165) is 0 Å². The lowest BCUT2D eigenvalue weighted by atomic mass is 10.1. The van der Waals surface area contributed by atoms with Gasteiger partial charge in [0.25, 0.3) is 0 Å². The van der Waals surface area contributed by atoms with Crippen LogP contribution in [0.25, 0.3) is 10.1 Å². The molecule has 1 aromatic heterocycles. The van der Waals surface area contributed by atoms with Gasteiger partial charge in [-0.1, -0.05) is 18.2 Å². The normalized spacial score (nSPS) is 14.3. The summed E-state index contributed by atoms with van der Waals surface area (Å²) in [4.78, 5) is 12.7. The second-order valence-corrected chi connectivity index (χ2v) is 5.80. The molecule has 0 aliphatic heterocycles. The van der Waals surface area contributed by atoms with E-state index in [1.54, 1.807) is 11.3 Å². The molecule has 3 nitrogen and oxygen atoms in total. The number of carbonyl (C=O) groups is 1. The van der Waals surface area contributed by atoms with Crippen molar-refractivity contribution < 1.29 is 9.53 Å². The number of thiophene rings is 1. The van der Waals surface area contributed by atoms with E-state index >= 15 is 0 Å². The Balaban J connectivity index is 2.24. The average Bonchev–Trinajstić information content (AvgIpc) is 2.75. The van der Waals surface area contributed by atoms with E-state index in [1.807, 2.05) is 6.92 Å². The summed E-state index contributed by atoms with van der Waals surface area (Å²) < 4.78 is 6.03. The minimum absolute atomic E-state index is 0.131. The summed E-state index contributed by atoms with van der Waals surface area (Å²) in [6, 6.07) is 8.21. The molecule has 102 valence electrons. The SMILES string of the molecule is COC(=O)C(C)NC(C)c1sc2ccccc2c1C. The lowest BCUT2D eigenvalue weighted by Gasteiger charge is -2.18. The van der Waals surface area contributed by atoms with Crippen LogP contribution in [0.2, 0.25) is 0 Å². The summed E-state index contributed by atoms with van der Waals surface area (Å²) in [6.07, 6.45) is 0. The molecule has 0 aliphatic rings. The van der Waals surface area contributed by atoms with E-state index < -0.39 is 0 Å². The maximum absolute atomic E-state index is 11.5. The highest BCUT2D eigenvalue weighted by atomic mass is 32.1. The number of hydrogen-bond acceptors (Lipinski definition) is 4. The number of carbonyl (C=O) groups excluding carboxylic acids is 1. The Morgan fingerprint density at radius 2 is 2.00 bits per heavy atom. The van der Waals surface area contributed by atoms with E-state index in [2.05, 4.69) is 43.4 Å². The summed E-state index contributed by atoms with van der Waals surface area (Å²) in [5.41, 5.74) is 1.29. The fourth-order valence-electron chi connectivity index (χ4n) is 2.30. The van der Waals surface area contributed by atoms with Crippen LogP contribution in [0.5, 0.6) is 0 Å². The first-order chi connectivity index (χ1) is 9.04.